The number of carbonyl (C=O) groups is 1. The Kier molecular flexibility index (Phi) is 5.04. The highest BCUT2D eigenvalue weighted by atomic mass is 35.5. The summed E-state index contributed by atoms with van der Waals surface area (Å²) in [6, 6.07) is 12.0. The molecular weight excluding hydrogens is 297 g/mol. The molecule has 2 aromatic rings. The Labute approximate surface area is 126 Å². The van der Waals surface area contributed by atoms with Crippen molar-refractivity contribution in [3.05, 3.63) is 58.9 Å². The summed E-state index contributed by atoms with van der Waals surface area (Å²) in [7, 11) is 0. The van der Waals surface area contributed by atoms with E-state index in [0.29, 0.717) is 11.4 Å². The van der Waals surface area contributed by atoms with E-state index in [4.69, 9.17) is 11.6 Å². The Hall–Kier alpha value is -1.52. The van der Waals surface area contributed by atoms with Gasteiger partial charge >= 0.3 is 0 Å². The maximum atomic E-state index is 13.0. The fraction of sp³-hybridized carbons (Fsp3) is 0.133. The van der Waals surface area contributed by atoms with E-state index in [1.807, 2.05) is 31.2 Å². The summed E-state index contributed by atoms with van der Waals surface area (Å²) in [6.45, 7) is 2.00. The molecule has 0 atom stereocenters. The SMILES string of the molecule is Cc1cccc(SCC(=O)Nc2ccc(F)c(Cl)c2)c1. The average molecular weight is 310 g/mol. The summed E-state index contributed by atoms with van der Waals surface area (Å²) in [5.74, 6) is -0.365. The van der Waals surface area contributed by atoms with E-state index in [-0.39, 0.29) is 10.9 Å². The van der Waals surface area contributed by atoms with Gasteiger partial charge in [-0.25, -0.2) is 4.39 Å². The molecule has 1 N–H and O–H groups in total. The number of benzene rings is 2. The topological polar surface area (TPSA) is 29.1 Å². The minimum atomic E-state index is -0.501. The van der Waals surface area contributed by atoms with Gasteiger partial charge in [-0.05, 0) is 37.3 Å². The van der Waals surface area contributed by atoms with Gasteiger partial charge in [0.2, 0.25) is 5.91 Å². The molecule has 0 heterocycles. The maximum absolute atomic E-state index is 13.0. The smallest absolute Gasteiger partial charge is 0.234 e. The standard InChI is InChI=1S/C15H13ClFNOS/c1-10-3-2-4-12(7-10)20-9-15(19)18-11-5-6-14(17)13(16)8-11/h2-8H,9H2,1H3,(H,18,19). The van der Waals surface area contributed by atoms with Crippen LogP contribution in [-0.4, -0.2) is 11.7 Å². The molecule has 0 bridgehead atoms. The van der Waals surface area contributed by atoms with Gasteiger partial charge in [0.25, 0.3) is 0 Å². The minimum Gasteiger partial charge on any atom is -0.325 e. The second kappa shape index (κ2) is 6.77. The number of anilines is 1. The van der Waals surface area contributed by atoms with E-state index < -0.39 is 5.82 Å². The van der Waals surface area contributed by atoms with Crippen molar-refractivity contribution in [2.45, 2.75) is 11.8 Å². The quantitative estimate of drug-likeness (QED) is 0.841. The Balaban J connectivity index is 1.91. The second-order valence-electron chi connectivity index (χ2n) is 4.28. The highest BCUT2D eigenvalue weighted by Crippen LogP contribution is 2.21. The molecule has 0 saturated carbocycles. The van der Waals surface area contributed by atoms with Crippen LogP contribution in [0.3, 0.4) is 0 Å². The van der Waals surface area contributed by atoms with Crippen molar-refractivity contribution in [2.75, 3.05) is 11.1 Å². The van der Waals surface area contributed by atoms with Gasteiger partial charge < -0.3 is 5.32 Å². The van der Waals surface area contributed by atoms with Gasteiger partial charge in [-0.15, -0.1) is 11.8 Å². The van der Waals surface area contributed by atoms with Crippen LogP contribution in [0.5, 0.6) is 0 Å². The first-order valence-corrected chi connectivity index (χ1v) is 7.35. The number of amides is 1. The average Bonchev–Trinajstić information content (AvgIpc) is 2.41. The van der Waals surface area contributed by atoms with E-state index >= 15 is 0 Å². The van der Waals surface area contributed by atoms with Crippen molar-refractivity contribution in [2.24, 2.45) is 0 Å². The summed E-state index contributed by atoms with van der Waals surface area (Å²) in [6.07, 6.45) is 0. The Morgan fingerprint density at radius 3 is 2.80 bits per heavy atom. The molecule has 2 aromatic carbocycles. The molecule has 0 aliphatic carbocycles. The van der Waals surface area contributed by atoms with Gasteiger partial charge in [0.15, 0.2) is 0 Å². The minimum absolute atomic E-state index is 0.00543. The highest BCUT2D eigenvalue weighted by molar-refractivity contribution is 8.00. The monoisotopic (exact) mass is 309 g/mol. The lowest BCUT2D eigenvalue weighted by Crippen LogP contribution is -2.14. The number of hydrogen-bond donors (Lipinski definition) is 1. The van der Waals surface area contributed by atoms with Crippen LogP contribution in [0.15, 0.2) is 47.4 Å². The van der Waals surface area contributed by atoms with Crippen molar-refractivity contribution < 1.29 is 9.18 Å². The van der Waals surface area contributed by atoms with E-state index in [1.54, 1.807) is 0 Å². The molecule has 104 valence electrons. The molecule has 0 aliphatic rings. The molecule has 2 rings (SSSR count). The summed E-state index contributed by atoms with van der Waals surface area (Å²) in [5.41, 5.74) is 1.65. The van der Waals surface area contributed by atoms with Gasteiger partial charge in [-0.2, -0.15) is 0 Å². The predicted molar refractivity (Wildman–Crippen MR) is 81.9 cm³/mol. The Morgan fingerprint density at radius 1 is 1.30 bits per heavy atom. The lowest BCUT2D eigenvalue weighted by Gasteiger charge is -2.06. The van der Waals surface area contributed by atoms with Crippen molar-refractivity contribution in [1.82, 2.24) is 0 Å². The fourth-order valence-electron chi connectivity index (χ4n) is 1.62. The van der Waals surface area contributed by atoms with Crippen LogP contribution in [0.2, 0.25) is 5.02 Å². The van der Waals surface area contributed by atoms with Crippen molar-refractivity contribution in [3.63, 3.8) is 0 Å². The number of halogens is 2. The van der Waals surface area contributed by atoms with Crippen LogP contribution in [0.25, 0.3) is 0 Å². The second-order valence-corrected chi connectivity index (χ2v) is 5.74. The van der Waals surface area contributed by atoms with Crippen molar-refractivity contribution in [1.29, 1.82) is 0 Å². The number of aryl methyl sites for hydroxylation is 1. The Bertz CT molecular complexity index is 633. The summed E-state index contributed by atoms with van der Waals surface area (Å²) >= 11 is 7.11. The number of carbonyl (C=O) groups excluding carboxylic acids is 1. The van der Waals surface area contributed by atoms with Crippen LogP contribution in [0.1, 0.15) is 5.56 Å². The highest BCUT2D eigenvalue weighted by Gasteiger charge is 2.06. The van der Waals surface area contributed by atoms with Crippen LogP contribution >= 0.6 is 23.4 Å². The molecule has 0 radical (unpaired) electrons. The molecule has 5 heteroatoms. The molecule has 0 fully saturated rings. The molecule has 1 amide bonds. The van der Waals surface area contributed by atoms with Crippen LogP contribution in [0.4, 0.5) is 10.1 Å². The van der Waals surface area contributed by atoms with Gasteiger partial charge in [0.05, 0.1) is 10.8 Å². The molecular formula is C15H13ClFNOS. The molecule has 0 aromatic heterocycles. The normalized spacial score (nSPS) is 10.3. The summed E-state index contributed by atoms with van der Waals surface area (Å²) in [5, 5.41) is 2.68. The first-order chi connectivity index (χ1) is 9.54. The first-order valence-electron chi connectivity index (χ1n) is 5.99. The Morgan fingerprint density at radius 2 is 2.10 bits per heavy atom. The lowest BCUT2D eigenvalue weighted by atomic mass is 10.2. The lowest BCUT2D eigenvalue weighted by molar-refractivity contribution is -0.113. The van der Waals surface area contributed by atoms with E-state index in [1.165, 1.54) is 30.0 Å². The van der Waals surface area contributed by atoms with Gasteiger partial charge in [0, 0.05) is 10.6 Å². The zero-order valence-electron chi connectivity index (χ0n) is 10.8. The molecule has 20 heavy (non-hydrogen) atoms. The van der Waals surface area contributed by atoms with E-state index in [2.05, 4.69) is 5.32 Å². The van der Waals surface area contributed by atoms with E-state index in [9.17, 15) is 9.18 Å². The first kappa shape index (κ1) is 14.9. The summed E-state index contributed by atoms with van der Waals surface area (Å²) in [4.78, 5) is 12.8. The van der Waals surface area contributed by atoms with Gasteiger partial charge in [-0.1, -0.05) is 29.3 Å². The third-order valence-electron chi connectivity index (χ3n) is 2.56. The predicted octanol–water partition coefficient (Wildman–Crippen LogP) is 4.52. The third kappa shape index (κ3) is 4.25. The van der Waals surface area contributed by atoms with Crippen molar-refractivity contribution in [3.8, 4) is 0 Å². The third-order valence-corrected chi connectivity index (χ3v) is 3.85. The number of rotatable bonds is 4. The maximum Gasteiger partial charge on any atom is 0.234 e. The van der Waals surface area contributed by atoms with Crippen LogP contribution < -0.4 is 5.32 Å². The van der Waals surface area contributed by atoms with Crippen LogP contribution in [-0.2, 0) is 4.79 Å². The van der Waals surface area contributed by atoms with Gasteiger partial charge in [0.1, 0.15) is 5.82 Å². The molecule has 0 spiro atoms. The van der Waals surface area contributed by atoms with Crippen LogP contribution in [0, 0.1) is 12.7 Å². The molecule has 0 unspecified atom stereocenters. The fourth-order valence-corrected chi connectivity index (χ4v) is 2.62. The number of thioether (sulfide) groups is 1. The van der Waals surface area contributed by atoms with Crippen molar-refractivity contribution >= 4 is 35.0 Å². The number of nitrogens with one attached hydrogen (secondary N) is 1. The molecule has 0 aliphatic heterocycles. The number of hydrogen-bond acceptors (Lipinski definition) is 2. The summed E-state index contributed by atoms with van der Waals surface area (Å²) < 4.78 is 13.0. The molecule has 0 saturated heterocycles. The zero-order chi connectivity index (χ0) is 14.5. The van der Waals surface area contributed by atoms with E-state index in [0.717, 1.165) is 10.5 Å². The largest absolute Gasteiger partial charge is 0.325 e. The van der Waals surface area contributed by atoms with Gasteiger partial charge in [-0.3, -0.25) is 4.79 Å². The zero-order valence-corrected chi connectivity index (χ0v) is 12.4. The molecule has 2 nitrogen and oxygen atoms in total.